The molecule has 8 nitrogen and oxygen atoms in total. The number of carbonyl (C=O) groups excluding carboxylic acids is 1. The highest BCUT2D eigenvalue weighted by molar-refractivity contribution is 9.08. The molecule has 2 rings (SSSR count). The van der Waals surface area contributed by atoms with Gasteiger partial charge in [-0.3, -0.25) is 4.79 Å². The van der Waals surface area contributed by atoms with E-state index in [1.807, 2.05) is 12.1 Å². The van der Waals surface area contributed by atoms with Crippen molar-refractivity contribution >= 4 is 33.6 Å². The highest BCUT2D eigenvalue weighted by atomic mass is 79.9. The average Bonchev–Trinajstić information content (AvgIpc) is 2.96. The van der Waals surface area contributed by atoms with Crippen molar-refractivity contribution in [3.63, 3.8) is 0 Å². The van der Waals surface area contributed by atoms with Crippen molar-refractivity contribution in [3.8, 4) is 0 Å². The lowest BCUT2D eigenvalue weighted by Gasteiger charge is -2.07. The fraction of sp³-hybridized carbons (Fsp3) is 0.286. The first-order valence-electron chi connectivity index (χ1n) is 6.87. The minimum atomic E-state index is -1.04. The molecule has 9 heteroatoms. The number of carbonyl (C=O) groups is 2. The van der Waals surface area contributed by atoms with Crippen LogP contribution in [0.4, 0.5) is 10.5 Å². The quantitative estimate of drug-likeness (QED) is 0.631. The van der Waals surface area contributed by atoms with Crippen LogP contribution >= 0.6 is 15.9 Å². The summed E-state index contributed by atoms with van der Waals surface area (Å²) in [5.74, 6) is -0.198. The summed E-state index contributed by atoms with van der Waals surface area (Å²) >= 11 is 3.27. The summed E-state index contributed by atoms with van der Waals surface area (Å²) in [7, 11) is 0. The second-order valence-corrected chi connectivity index (χ2v) is 5.33. The van der Waals surface area contributed by atoms with Crippen molar-refractivity contribution < 1.29 is 14.7 Å². The number of alkyl halides is 1. The van der Waals surface area contributed by atoms with Crippen LogP contribution in [0.3, 0.4) is 0 Å². The summed E-state index contributed by atoms with van der Waals surface area (Å²) < 4.78 is 1.47. The van der Waals surface area contributed by atoms with Gasteiger partial charge in [0.2, 0.25) is 5.91 Å². The molecule has 1 heterocycles. The fourth-order valence-electron chi connectivity index (χ4n) is 1.89. The summed E-state index contributed by atoms with van der Waals surface area (Å²) in [6, 6.07) is 7.24. The van der Waals surface area contributed by atoms with E-state index in [9.17, 15) is 9.59 Å². The second-order valence-electron chi connectivity index (χ2n) is 4.77. The van der Waals surface area contributed by atoms with Crippen LogP contribution in [-0.2, 0) is 23.1 Å². The van der Waals surface area contributed by atoms with Gasteiger partial charge in [-0.05, 0) is 24.1 Å². The molecule has 0 aliphatic heterocycles. The van der Waals surface area contributed by atoms with E-state index in [2.05, 4.69) is 36.9 Å². The average molecular weight is 382 g/mol. The van der Waals surface area contributed by atoms with E-state index < -0.39 is 6.09 Å². The minimum Gasteiger partial charge on any atom is -0.465 e. The van der Waals surface area contributed by atoms with Gasteiger partial charge in [-0.1, -0.05) is 33.3 Å². The maximum atomic E-state index is 11.9. The lowest BCUT2D eigenvalue weighted by Crippen LogP contribution is -2.23. The molecule has 0 atom stereocenters. The molecule has 0 spiro atoms. The summed E-state index contributed by atoms with van der Waals surface area (Å²) in [4.78, 5) is 22.3. The number of nitrogens with zero attached hydrogens (tertiary/aromatic N) is 3. The monoisotopic (exact) mass is 381 g/mol. The topological polar surface area (TPSA) is 109 Å². The number of amides is 2. The number of halogens is 1. The maximum absolute atomic E-state index is 11.9. The molecule has 3 N–H and O–H groups in total. The van der Waals surface area contributed by atoms with Gasteiger partial charge in [-0.15, -0.1) is 5.10 Å². The van der Waals surface area contributed by atoms with Crippen molar-refractivity contribution in [1.82, 2.24) is 20.3 Å². The number of hydrogen-bond donors (Lipinski definition) is 3. The summed E-state index contributed by atoms with van der Waals surface area (Å²) in [6.45, 7) is 0.438. The molecule has 0 saturated carbocycles. The molecule has 0 radical (unpaired) electrons. The molecule has 0 bridgehead atoms. The van der Waals surface area contributed by atoms with E-state index >= 15 is 0 Å². The molecule has 0 fully saturated rings. The van der Waals surface area contributed by atoms with Gasteiger partial charge in [-0.2, -0.15) is 0 Å². The first kappa shape index (κ1) is 16.9. The van der Waals surface area contributed by atoms with Crippen LogP contribution in [0.15, 0.2) is 30.5 Å². The van der Waals surface area contributed by atoms with Crippen molar-refractivity contribution in [3.05, 3.63) is 41.7 Å². The van der Waals surface area contributed by atoms with Crippen LogP contribution in [0.1, 0.15) is 11.3 Å². The van der Waals surface area contributed by atoms with Gasteiger partial charge >= 0.3 is 6.09 Å². The Balaban J connectivity index is 1.82. The van der Waals surface area contributed by atoms with Gasteiger partial charge in [-0.25, -0.2) is 9.48 Å². The third-order valence-corrected chi connectivity index (χ3v) is 3.53. The Bertz CT molecular complexity index is 671. The van der Waals surface area contributed by atoms with E-state index in [0.29, 0.717) is 24.0 Å². The Kier molecular flexibility index (Phi) is 6.10. The van der Waals surface area contributed by atoms with Gasteiger partial charge in [0.1, 0.15) is 6.54 Å². The Morgan fingerprint density at radius 1 is 1.26 bits per heavy atom. The molecule has 0 unspecified atom stereocenters. The minimum absolute atomic E-state index is 0.0876. The summed E-state index contributed by atoms with van der Waals surface area (Å²) in [6.07, 6.45) is 1.26. The number of rotatable bonds is 7. The second kappa shape index (κ2) is 8.28. The van der Waals surface area contributed by atoms with Crippen LogP contribution in [0.2, 0.25) is 0 Å². The van der Waals surface area contributed by atoms with Crippen molar-refractivity contribution in [1.29, 1.82) is 0 Å². The zero-order valence-electron chi connectivity index (χ0n) is 12.2. The third kappa shape index (κ3) is 5.70. The molecule has 122 valence electrons. The van der Waals surface area contributed by atoms with Crippen LogP contribution in [0.5, 0.6) is 0 Å². The normalized spacial score (nSPS) is 10.3. The number of nitrogens with one attached hydrogen (secondary N) is 2. The number of aromatic nitrogens is 3. The van der Waals surface area contributed by atoms with Gasteiger partial charge < -0.3 is 15.7 Å². The van der Waals surface area contributed by atoms with E-state index in [1.54, 1.807) is 18.3 Å². The molecule has 2 amide bonds. The molecule has 23 heavy (non-hydrogen) atoms. The molecular formula is C14H16BrN5O3. The van der Waals surface area contributed by atoms with Crippen LogP contribution in [0.25, 0.3) is 0 Å². The Hall–Kier alpha value is -2.42. The predicted octanol–water partition coefficient (Wildman–Crippen LogP) is 1.62. The summed E-state index contributed by atoms with van der Waals surface area (Å²) in [5.41, 5.74) is 2.41. The molecular weight excluding hydrogens is 366 g/mol. The fourth-order valence-corrected chi connectivity index (χ4v) is 2.15. The maximum Gasteiger partial charge on any atom is 0.404 e. The van der Waals surface area contributed by atoms with E-state index in [0.717, 1.165) is 11.3 Å². The molecule has 1 aromatic heterocycles. The standard InChI is InChI=1S/C14H16BrN5O3/c15-7-12-8-20(19-18-12)9-13(21)17-11-3-1-10(2-4-11)5-6-16-14(22)23/h1-4,8,16H,5-7,9H2,(H,17,21)(H,22,23). The summed E-state index contributed by atoms with van der Waals surface area (Å²) in [5, 5.41) is 21.9. The molecule has 0 aliphatic carbocycles. The van der Waals surface area contributed by atoms with Gasteiger partial charge in [0.05, 0.1) is 5.69 Å². The van der Waals surface area contributed by atoms with Crippen LogP contribution < -0.4 is 10.6 Å². The predicted molar refractivity (Wildman–Crippen MR) is 87.5 cm³/mol. The van der Waals surface area contributed by atoms with Crippen LogP contribution in [0, 0.1) is 0 Å². The SMILES string of the molecule is O=C(O)NCCc1ccc(NC(=O)Cn2cc(CBr)nn2)cc1. The first-order valence-corrected chi connectivity index (χ1v) is 7.99. The third-order valence-electron chi connectivity index (χ3n) is 2.96. The smallest absolute Gasteiger partial charge is 0.404 e. The zero-order valence-corrected chi connectivity index (χ0v) is 13.8. The van der Waals surface area contributed by atoms with Crippen molar-refractivity contribution in [2.45, 2.75) is 18.3 Å². The Morgan fingerprint density at radius 2 is 2.00 bits per heavy atom. The lowest BCUT2D eigenvalue weighted by atomic mass is 10.1. The van der Waals surface area contributed by atoms with Crippen LogP contribution in [-0.4, -0.2) is 38.6 Å². The van der Waals surface area contributed by atoms with Gasteiger partial charge in [0, 0.05) is 23.8 Å². The molecule has 0 saturated heterocycles. The van der Waals surface area contributed by atoms with Crippen molar-refractivity contribution in [2.75, 3.05) is 11.9 Å². The van der Waals surface area contributed by atoms with E-state index in [1.165, 1.54) is 4.68 Å². The highest BCUT2D eigenvalue weighted by Gasteiger charge is 2.06. The van der Waals surface area contributed by atoms with Gasteiger partial charge in [0.25, 0.3) is 0 Å². The molecule has 0 aliphatic rings. The number of anilines is 1. The van der Waals surface area contributed by atoms with E-state index in [4.69, 9.17) is 5.11 Å². The largest absolute Gasteiger partial charge is 0.465 e. The number of benzene rings is 1. The highest BCUT2D eigenvalue weighted by Crippen LogP contribution is 2.10. The molecule has 1 aromatic carbocycles. The lowest BCUT2D eigenvalue weighted by molar-refractivity contribution is -0.116. The van der Waals surface area contributed by atoms with E-state index in [-0.39, 0.29) is 12.5 Å². The number of carboxylic acid groups (broad SMARTS) is 1. The Morgan fingerprint density at radius 3 is 2.61 bits per heavy atom. The molecule has 2 aromatic rings. The Labute approximate surface area is 141 Å². The van der Waals surface area contributed by atoms with Crippen molar-refractivity contribution in [2.24, 2.45) is 0 Å². The number of hydrogen-bond acceptors (Lipinski definition) is 4. The zero-order chi connectivity index (χ0) is 16.7. The van der Waals surface area contributed by atoms with Gasteiger partial charge in [0.15, 0.2) is 0 Å². The first-order chi connectivity index (χ1) is 11.1.